The highest BCUT2D eigenvalue weighted by atomic mass is 16.4. The maximum atomic E-state index is 11.4. The number of carboxylic acid groups (broad SMARTS) is 1. The van der Waals surface area contributed by atoms with Crippen molar-refractivity contribution >= 4 is 11.8 Å². The number of Topliss-reactive ketones (excluding diaryl/α,β-unsaturated/α-hetero) is 1. The molecule has 3 heteroatoms. The topological polar surface area (TPSA) is 54.4 Å². The minimum atomic E-state index is -0.757. The van der Waals surface area contributed by atoms with Crippen molar-refractivity contribution in [3.05, 3.63) is 35.5 Å². The second kappa shape index (κ2) is 10.2. The zero-order valence-electron chi connectivity index (χ0n) is 12.9. The van der Waals surface area contributed by atoms with E-state index < -0.39 is 5.97 Å². The van der Waals surface area contributed by atoms with Crippen molar-refractivity contribution in [1.82, 2.24) is 0 Å². The summed E-state index contributed by atoms with van der Waals surface area (Å²) in [6.07, 6.45) is 8.11. The van der Waals surface area contributed by atoms with Crippen LogP contribution in [-0.2, 0) is 9.59 Å². The smallest absolute Gasteiger partial charge is 0.303 e. The van der Waals surface area contributed by atoms with Gasteiger partial charge in [0.05, 0.1) is 0 Å². The molecule has 112 valence electrons. The number of carbonyl (C=O) groups is 2. The number of ketones is 1. The van der Waals surface area contributed by atoms with Crippen molar-refractivity contribution < 1.29 is 14.7 Å². The Morgan fingerprint density at radius 3 is 1.90 bits per heavy atom. The van der Waals surface area contributed by atoms with Crippen LogP contribution in [-0.4, -0.2) is 16.9 Å². The van der Waals surface area contributed by atoms with Crippen LogP contribution in [0.5, 0.6) is 0 Å². The normalized spacial score (nSPS) is 12.3. The molecule has 0 heterocycles. The molecule has 0 amide bonds. The Morgan fingerprint density at radius 1 is 0.900 bits per heavy atom. The Morgan fingerprint density at radius 2 is 1.40 bits per heavy atom. The third-order valence-electron chi connectivity index (χ3n) is 3.10. The van der Waals surface area contributed by atoms with E-state index in [4.69, 9.17) is 5.11 Å². The molecule has 0 aromatic heterocycles. The first-order chi connectivity index (χ1) is 9.32. The van der Waals surface area contributed by atoms with Gasteiger partial charge < -0.3 is 5.11 Å². The molecule has 0 aromatic carbocycles. The first-order valence-corrected chi connectivity index (χ1v) is 7.04. The summed E-state index contributed by atoms with van der Waals surface area (Å²) in [7, 11) is 0. The Hall–Kier alpha value is -1.64. The van der Waals surface area contributed by atoms with E-state index >= 15 is 0 Å². The molecular formula is C17H26O3. The van der Waals surface area contributed by atoms with Crippen LogP contribution in [0.25, 0.3) is 0 Å². The van der Waals surface area contributed by atoms with E-state index in [9.17, 15) is 9.59 Å². The number of carboxylic acids is 1. The molecule has 0 spiro atoms. The SMILES string of the molecule is C=C(C)C(=O)CC/C(C)=C\CC/C(C)=C\CCC(=O)O. The lowest BCUT2D eigenvalue weighted by molar-refractivity contribution is -0.136. The molecule has 0 aliphatic heterocycles. The molecule has 0 saturated carbocycles. The van der Waals surface area contributed by atoms with Gasteiger partial charge in [0.15, 0.2) is 5.78 Å². The van der Waals surface area contributed by atoms with Crippen molar-refractivity contribution in [2.24, 2.45) is 0 Å². The number of aliphatic carboxylic acids is 1. The quantitative estimate of drug-likeness (QED) is 0.474. The summed E-state index contributed by atoms with van der Waals surface area (Å²) in [6.45, 7) is 9.44. The van der Waals surface area contributed by atoms with Gasteiger partial charge in [-0.05, 0) is 52.0 Å². The first-order valence-electron chi connectivity index (χ1n) is 7.04. The number of allylic oxidation sites excluding steroid dienone is 5. The Kier molecular flexibility index (Phi) is 9.35. The Labute approximate surface area is 122 Å². The van der Waals surface area contributed by atoms with Crippen LogP contribution in [0.2, 0.25) is 0 Å². The van der Waals surface area contributed by atoms with E-state index in [-0.39, 0.29) is 12.2 Å². The summed E-state index contributed by atoms with van der Waals surface area (Å²) in [5.41, 5.74) is 3.06. The minimum absolute atomic E-state index is 0.127. The molecule has 0 bridgehead atoms. The molecule has 0 radical (unpaired) electrons. The van der Waals surface area contributed by atoms with Gasteiger partial charge in [0.1, 0.15) is 0 Å². The van der Waals surface area contributed by atoms with Crippen molar-refractivity contribution in [3.63, 3.8) is 0 Å². The molecule has 0 aromatic rings. The highest BCUT2D eigenvalue weighted by Gasteiger charge is 2.02. The molecule has 0 aliphatic rings. The lowest BCUT2D eigenvalue weighted by atomic mass is 10.0. The van der Waals surface area contributed by atoms with Crippen molar-refractivity contribution in [2.45, 2.75) is 59.3 Å². The van der Waals surface area contributed by atoms with Gasteiger partial charge in [-0.25, -0.2) is 0 Å². The average molecular weight is 278 g/mol. The largest absolute Gasteiger partial charge is 0.481 e. The first kappa shape index (κ1) is 18.4. The van der Waals surface area contributed by atoms with Crippen LogP contribution in [0.3, 0.4) is 0 Å². The predicted octanol–water partition coefficient (Wildman–Crippen LogP) is 4.45. The monoisotopic (exact) mass is 278 g/mol. The summed E-state index contributed by atoms with van der Waals surface area (Å²) < 4.78 is 0. The highest BCUT2D eigenvalue weighted by molar-refractivity contribution is 5.94. The van der Waals surface area contributed by atoms with Gasteiger partial charge >= 0.3 is 5.97 Å². The molecule has 0 aliphatic carbocycles. The number of hydrogen-bond acceptors (Lipinski definition) is 2. The van der Waals surface area contributed by atoms with Crippen molar-refractivity contribution in [1.29, 1.82) is 0 Å². The third kappa shape index (κ3) is 10.3. The van der Waals surface area contributed by atoms with Crippen LogP contribution in [0.4, 0.5) is 0 Å². The predicted molar refractivity (Wildman–Crippen MR) is 82.7 cm³/mol. The molecule has 3 nitrogen and oxygen atoms in total. The second-order valence-corrected chi connectivity index (χ2v) is 5.28. The van der Waals surface area contributed by atoms with Gasteiger partial charge in [0.25, 0.3) is 0 Å². The molecule has 0 rings (SSSR count). The van der Waals surface area contributed by atoms with Crippen LogP contribution in [0.15, 0.2) is 35.5 Å². The summed E-state index contributed by atoms with van der Waals surface area (Å²) in [6, 6.07) is 0. The zero-order chi connectivity index (χ0) is 15.5. The van der Waals surface area contributed by atoms with Crippen LogP contribution < -0.4 is 0 Å². The van der Waals surface area contributed by atoms with Crippen molar-refractivity contribution in [2.75, 3.05) is 0 Å². The standard InChI is InChI=1S/C17H26O3/c1-13(2)16(18)12-11-15(4)8-5-7-14(3)9-6-10-17(19)20/h8-9H,1,5-7,10-12H2,2-4H3,(H,19,20)/b14-9-,15-8-. The molecule has 0 atom stereocenters. The van der Waals surface area contributed by atoms with E-state index in [1.165, 1.54) is 11.1 Å². The summed E-state index contributed by atoms with van der Waals surface area (Å²) in [5, 5.41) is 8.55. The molecular weight excluding hydrogens is 252 g/mol. The van der Waals surface area contributed by atoms with Gasteiger partial charge in [0.2, 0.25) is 0 Å². The van der Waals surface area contributed by atoms with Gasteiger partial charge in [-0.3, -0.25) is 9.59 Å². The molecule has 1 N–H and O–H groups in total. The average Bonchev–Trinajstić information content (AvgIpc) is 2.35. The number of carbonyl (C=O) groups excluding carboxylic acids is 1. The lowest BCUT2D eigenvalue weighted by Gasteiger charge is -2.02. The maximum absolute atomic E-state index is 11.4. The van der Waals surface area contributed by atoms with E-state index in [2.05, 4.69) is 12.7 Å². The molecule has 20 heavy (non-hydrogen) atoms. The fourth-order valence-electron chi connectivity index (χ4n) is 1.72. The fraction of sp³-hybridized carbons (Fsp3) is 0.529. The van der Waals surface area contributed by atoms with Crippen molar-refractivity contribution in [3.8, 4) is 0 Å². The van der Waals surface area contributed by atoms with Gasteiger partial charge in [-0.1, -0.05) is 29.9 Å². The minimum Gasteiger partial charge on any atom is -0.481 e. The van der Waals surface area contributed by atoms with Gasteiger partial charge in [0, 0.05) is 12.8 Å². The zero-order valence-corrected chi connectivity index (χ0v) is 12.9. The van der Waals surface area contributed by atoms with Gasteiger partial charge in [-0.2, -0.15) is 0 Å². The summed E-state index contributed by atoms with van der Waals surface area (Å²) in [4.78, 5) is 21.8. The lowest BCUT2D eigenvalue weighted by Crippen LogP contribution is -1.98. The molecule has 0 saturated heterocycles. The fourth-order valence-corrected chi connectivity index (χ4v) is 1.72. The van der Waals surface area contributed by atoms with Gasteiger partial charge in [-0.15, -0.1) is 0 Å². The van der Waals surface area contributed by atoms with Crippen LogP contribution in [0, 0.1) is 0 Å². The molecule has 0 unspecified atom stereocenters. The Balaban J connectivity index is 3.95. The maximum Gasteiger partial charge on any atom is 0.303 e. The van der Waals surface area contributed by atoms with E-state index in [1.54, 1.807) is 6.92 Å². The summed E-state index contributed by atoms with van der Waals surface area (Å²) in [5.74, 6) is -0.630. The number of rotatable bonds is 10. The van der Waals surface area contributed by atoms with E-state index in [0.717, 1.165) is 19.3 Å². The molecule has 0 fully saturated rings. The number of hydrogen-bond donors (Lipinski definition) is 1. The second-order valence-electron chi connectivity index (χ2n) is 5.28. The summed E-state index contributed by atoms with van der Waals surface area (Å²) >= 11 is 0. The highest BCUT2D eigenvalue weighted by Crippen LogP contribution is 2.12. The van der Waals surface area contributed by atoms with Crippen LogP contribution in [0.1, 0.15) is 59.3 Å². The van der Waals surface area contributed by atoms with Crippen LogP contribution >= 0.6 is 0 Å². The van der Waals surface area contributed by atoms with E-state index in [0.29, 0.717) is 18.4 Å². The third-order valence-corrected chi connectivity index (χ3v) is 3.10. The van der Waals surface area contributed by atoms with E-state index in [1.807, 2.05) is 19.9 Å². The Bertz CT molecular complexity index is 414.